The van der Waals surface area contributed by atoms with Crippen LogP contribution < -0.4 is 4.74 Å². The number of rotatable bonds is 4. The van der Waals surface area contributed by atoms with E-state index in [-0.39, 0.29) is 5.75 Å². The Labute approximate surface area is 151 Å². The molecule has 1 aromatic heterocycles. The first kappa shape index (κ1) is 16.4. The minimum atomic E-state index is 0.0447. The van der Waals surface area contributed by atoms with Gasteiger partial charge in [0.05, 0.1) is 13.3 Å². The molecular weight excluding hydrogens is 392 g/mol. The van der Waals surface area contributed by atoms with Crippen LogP contribution in [0.4, 0.5) is 0 Å². The molecule has 24 heavy (non-hydrogen) atoms. The monoisotopic (exact) mass is 404 g/mol. The van der Waals surface area contributed by atoms with Crippen LogP contribution in [0.5, 0.6) is 11.5 Å². The number of hydrogen-bond donors (Lipinski definition) is 2. The predicted molar refractivity (Wildman–Crippen MR) is 98.2 cm³/mol. The zero-order valence-corrected chi connectivity index (χ0v) is 15.0. The lowest BCUT2D eigenvalue weighted by molar-refractivity contribution is 0.373. The van der Waals surface area contributed by atoms with Crippen molar-refractivity contribution in [3.05, 3.63) is 57.3 Å². The second kappa shape index (κ2) is 6.98. The molecule has 3 rings (SSSR count). The molecule has 0 saturated carbocycles. The van der Waals surface area contributed by atoms with Crippen LogP contribution in [0.2, 0.25) is 0 Å². The number of aromatic nitrogens is 3. The quantitative estimate of drug-likeness (QED) is 0.509. The summed E-state index contributed by atoms with van der Waals surface area (Å²) in [6.45, 7) is 0. The first-order valence-corrected chi connectivity index (χ1v) is 8.14. The number of H-pyrrole nitrogens is 1. The van der Waals surface area contributed by atoms with Gasteiger partial charge in [-0.3, -0.25) is 0 Å². The third kappa shape index (κ3) is 3.24. The van der Waals surface area contributed by atoms with Gasteiger partial charge in [0.15, 0.2) is 17.3 Å². The molecule has 0 saturated heterocycles. The van der Waals surface area contributed by atoms with Gasteiger partial charge in [-0.25, -0.2) is 5.10 Å². The number of halogens is 1. The van der Waals surface area contributed by atoms with Crippen LogP contribution in [-0.2, 0) is 0 Å². The maximum atomic E-state index is 9.83. The van der Waals surface area contributed by atoms with E-state index in [0.29, 0.717) is 21.9 Å². The van der Waals surface area contributed by atoms with Crippen molar-refractivity contribution >= 4 is 34.4 Å². The van der Waals surface area contributed by atoms with E-state index in [2.05, 4.69) is 31.2 Å². The van der Waals surface area contributed by atoms with Gasteiger partial charge < -0.3 is 9.84 Å². The summed E-state index contributed by atoms with van der Waals surface area (Å²) >= 11 is 8.74. The molecule has 2 aromatic carbocycles. The van der Waals surface area contributed by atoms with E-state index in [9.17, 15) is 5.11 Å². The van der Waals surface area contributed by atoms with E-state index in [1.807, 2.05) is 24.3 Å². The van der Waals surface area contributed by atoms with Gasteiger partial charge in [-0.15, -0.1) is 0 Å². The highest BCUT2D eigenvalue weighted by atomic mass is 79.9. The SMILES string of the molecule is COc1ccc(/C=N\n2c(-c3ccccc3Br)n[nH]c2=S)cc1O. The minimum Gasteiger partial charge on any atom is -0.504 e. The number of ether oxygens (including phenoxy) is 1. The number of nitrogens with zero attached hydrogens (tertiary/aromatic N) is 3. The second-order valence-corrected chi connectivity index (χ2v) is 6.06. The van der Waals surface area contributed by atoms with Crippen molar-refractivity contribution in [3.8, 4) is 22.9 Å². The average Bonchev–Trinajstić information content (AvgIpc) is 2.94. The lowest BCUT2D eigenvalue weighted by Gasteiger charge is -2.04. The van der Waals surface area contributed by atoms with Crippen LogP contribution in [0.1, 0.15) is 5.56 Å². The molecule has 0 aliphatic carbocycles. The van der Waals surface area contributed by atoms with Crippen LogP contribution in [-0.4, -0.2) is 33.3 Å². The third-order valence-electron chi connectivity index (χ3n) is 3.29. The van der Waals surface area contributed by atoms with Gasteiger partial charge in [0, 0.05) is 10.0 Å². The summed E-state index contributed by atoms with van der Waals surface area (Å²) in [5.74, 6) is 1.03. The van der Waals surface area contributed by atoms with E-state index in [1.165, 1.54) is 11.8 Å². The summed E-state index contributed by atoms with van der Waals surface area (Å²) in [4.78, 5) is 0. The Hall–Kier alpha value is -2.45. The fourth-order valence-corrected chi connectivity index (χ4v) is 2.77. The molecule has 2 N–H and O–H groups in total. The Bertz CT molecular complexity index is 965. The molecule has 122 valence electrons. The zero-order chi connectivity index (χ0) is 17.1. The Balaban J connectivity index is 1.99. The van der Waals surface area contributed by atoms with Crippen molar-refractivity contribution < 1.29 is 9.84 Å². The van der Waals surface area contributed by atoms with Crippen molar-refractivity contribution in [3.63, 3.8) is 0 Å². The summed E-state index contributed by atoms with van der Waals surface area (Å²) in [6.07, 6.45) is 1.59. The number of benzene rings is 2. The number of methoxy groups -OCH3 is 1. The molecule has 8 heteroatoms. The Kier molecular flexibility index (Phi) is 4.77. The highest BCUT2D eigenvalue weighted by Gasteiger charge is 2.11. The second-order valence-electron chi connectivity index (χ2n) is 4.82. The Morgan fingerprint density at radius 2 is 2.12 bits per heavy atom. The normalized spacial score (nSPS) is 11.1. The summed E-state index contributed by atoms with van der Waals surface area (Å²) < 4.78 is 7.80. The lowest BCUT2D eigenvalue weighted by Crippen LogP contribution is -1.96. The van der Waals surface area contributed by atoms with Crippen molar-refractivity contribution in [1.29, 1.82) is 0 Å². The molecule has 0 bridgehead atoms. The van der Waals surface area contributed by atoms with Crippen molar-refractivity contribution in [2.24, 2.45) is 5.10 Å². The van der Waals surface area contributed by atoms with Gasteiger partial charge in [-0.05, 0) is 48.1 Å². The molecule has 0 aliphatic heterocycles. The van der Waals surface area contributed by atoms with Crippen LogP contribution in [0.3, 0.4) is 0 Å². The first-order chi connectivity index (χ1) is 11.6. The van der Waals surface area contributed by atoms with E-state index in [1.54, 1.807) is 24.4 Å². The summed E-state index contributed by atoms with van der Waals surface area (Å²) in [7, 11) is 1.50. The van der Waals surface area contributed by atoms with Gasteiger partial charge in [0.2, 0.25) is 4.77 Å². The average molecular weight is 405 g/mol. The van der Waals surface area contributed by atoms with Crippen molar-refractivity contribution in [2.75, 3.05) is 7.11 Å². The van der Waals surface area contributed by atoms with Crippen LogP contribution in [0.25, 0.3) is 11.4 Å². The van der Waals surface area contributed by atoms with Crippen LogP contribution >= 0.6 is 28.1 Å². The van der Waals surface area contributed by atoms with E-state index < -0.39 is 0 Å². The standard InChI is InChI=1S/C16H13BrN4O2S/c1-23-14-7-6-10(8-13(14)22)9-18-21-15(19-20-16(21)24)11-4-2-3-5-12(11)17/h2-9,22H,1H3,(H,20,24)/b18-9-. The molecule has 6 nitrogen and oxygen atoms in total. The molecule has 0 radical (unpaired) electrons. The fraction of sp³-hybridized carbons (Fsp3) is 0.0625. The molecular formula is C16H13BrN4O2S. The number of aromatic amines is 1. The number of phenols is 1. The highest BCUT2D eigenvalue weighted by Crippen LogP contribution is 2.27. The number of hydrogen-bond acceptors (Lipinski definition) is 5. The molecule has 0 aliphatic rings. The summed E-state index contributed by atoms with van der Waals surface area (Å²) in [5.41, 5.74) is 1.56. The predicted octanol–water partition coefficient (Wildman–Crippen LogP) is 3.97. The Morgan fingerprint density at radius 3 is 2.83 bits per heavy atom. The number of nitrogens with one attached hydrogen (secondary N) is 1. The minimum absolute atomic E-state index is 0.0447. The third-order valence-corrected chi connectivity index (χ3v) is 4.25. The number of phenolic OH excluding ortho intramolecular Hbond substituents is 1. The summed E-state index contributed by atoms with van der Waals surface area (Å²) in [5, 5.41) is 21.2. The molecule has 0 atom stereocenters. The molecule has 0 unspecified atom stereocenters. The molecule has 0 spiro atoms. The van der Waals surface area contributed by atoms with Crippen LogP contribution in [0, 0.1) is 4.77 Å². The van der Waals surface area contributed by atoms with Gasteiger partial charge in [0.25, 0.3) is 0 Å². The summed E-state index contributed by atoms with van der Waals surface area (Å²) in [6, 6.07) is 12.7. The van der Waals surface area contributed by atoms with Gasteiger partial charge in [-0.2, -0.15) is 14.9 Å². The van der Waals surface area contributed by atoms with Gasteiger partial charge in [-0.1, -0.05) is 28.1 Å². The zero-order valence-electron chi connectivity index (χ0n) is 12.6. The van der Waals surface area contributed by atoms with Gasteiger partial charge in [0.1, 0.15) is 0 Å². The number of aromatic hydroxyl groups is 1. The molecule has 1 heterocycles. The fourth-order valence-electron chi connectivity index (χ4n) is 2.13. The Morgan fingerprint density at radius 1 is 1.33 bits per heavy atom. The van der Waals surface area contributed by atoms with E-state index in [0.717, 1.165) is 10.0 Å². The van der Waals surface area contributed by atoms with E-state index in [4.69, 9.17) is 17.0 Å². The lowest BCUT2D eigenvalue weighted by atomic mass is 10.2. The smallest absolute Gasteiger partial charge is 0.216 e. The largest absolute Gasteiger partial charge is 0.504 e. The van der Waals surface area contributed by atoms with Crippen LogP contribution in [0.15, 0.2) is 52.0 Å². The molecule has 3 aromatic rings. The van der Waals surface area contributed by atoms with Crippen molar-refractivity contribution in [2.45, 2.75) is 0 Å². The molecule has 0 fully saturated rings. The maximum absolute atomic E-state index is 9.83. The topological polar surface area (TPSA) is 75.4 Å². The molecule has 0 amide bonds. The van der Waals surface area contributed by atoms with Gasteiger partial charge >= 0.3 is 0 Å². The maximum Gasteiger partial charge on any atom is 0.216 e. The van der Waals surface area contributed by atoms with E-state index >= 15 is 0 Å². The van der Waals surface area contributed by atoms with Crippen molar-refractivity contribution in [1.82, 2.24) is 14.9 Å². The highest BCUT2D eigenvalue weighted by molar-refractivity contribution is 9.10. The first-order valence-electron chi connectivity index (χ1n) is 6.94.